The molecule has 0 amide bonds. The SMILES string of the molecule is CC[C@H]1OC(=O)[C@H](C)[C@@H](O[C@H]2C[C@@](C)(OC)[C@@H](O)[C@H](C)O2)[C@H](C)[C@@H](C(C)(C)C)[C@](C)(O)C[C@@H](C)CN(C)[C@H](C)[C@@H](O)[C@]1(C)O. The maximum Gasteiger partial charge on any atom is 0.311 e. The molecule has 10 nitrogen and oxygen atoms in total. The number of hydrogen-bond acceptors (Lipinski definition) is 10. The van der Waals surface area contributed by atoms with Crippen molar-refractivity contribution in [2.45, 2.75) is 162 Å². The van der Waals surface area contributed by atoms with Crippen LogP contribution >= 0.6 is 0 Å². The highest BCUT2D eigenvalue weighted by Crippen LogP contribution is 2.47. The number of likely N-dealkylation sites (N-methyl/N-ethyl adjacent to an activating group) is 1. The van der Waals surface area contributed by atoms with Gasteiger partial charge >= 0.3 is 5.97 Å². The van der Waals surface area contributed by atoms with Gasteiger partial charge < -0.3 is 44.3 Å². The van der Waals surface area contributed by atoms with E-state index in [1.807, 2.05) is 46.6 Å². The molecule has 2 saturated heterocycles. The predicted octanol–water partition coefficient (Wildman–Crippen LogP) is 3.75. The van der Waals surface area contributed by atoms with Gasteiger partial charge in [0.25, 0.3) is 0 Å². The van der Waals surface area contributed by atoms with Gasteiger partial charge in [-0.15, -0.1) is 0 Å². The van der Waals surface area contributed by atoms with E-state index in [1.165, 1.54) is 6.92 Å². The van der Waals surface area contributed by atoms with E-state index < -0.39 is 71.5 Å². The van der Waals surface area contributed by atoms with E-state index in [0.717, 1.165) is 0 Å². The van der Waals surface area contributed by atoms with E-state index in [2.05, 4.69) is 27.7 Å². The first-order chi connectivity index (χ1) is 19.9. The predicted molar refractivity (Wildman–Crippen MR) is 170 cm³/mol. The van der Waals surface area contributed by atoms with Gasteiger partial charge in [-0.1, -0.05) is 41.5 Å². The molecule has 2 rings (SSSR count). The van der Waals surface area contributed by atoms with Crippen molar-refractivity contribution in [1.29, 1.82) is 0 Å². The molecule has 4 N–H and O–H groups in total. The maximum absolute atomic E-state index is 14.0. The van der Waals surface area contributed by atoms with Crippen LogP contribution in [0.3, 0.4) is 0 Å². The molecule has 2 fully saturated rings. The Morgan fingerprint density at radius 1 is 1.00 bits per heavy atom. The molecule has 0 aromatic rings. The minimum absolute atomic E-state index is 0.0415. The van der Waals surface area contributed by atoms with Gasteiger partial charge in [0.15, 0.2) is 6.29 Å². The summed E-state index contributed by atoms with van der Waals surface area (Å²) in [5.74, 6) is -2.03. The van der Waals surface area contributed by atoms with E-state index in [-0.39, 0.29) is 29.6 Å². The van der Waals surface area contributed by atoms with Crippen molar-refractivity contribution in [2.24, 2.45) is 29.1 Å². The van der Waals surface area contributed by atoms with Crippen molar-refractivity contribution in [3.05, 3.63) is 0 Å². The van der Waals surface area contributed by atoms with Gasteiger partial charge in [-0.05, 0) is 84.6 Å². The van der Waals surface area contributed by atoms with Gasteiger partial charge in [-0.2, -0.15) is 0 Å². The second-order valence-corrected chi connectivity index (χ2v) is 15.9. The lowest BCUT2D eigenvalue weighted by Gasteiger charge is -2.50. The smallest absolute Gasteiger partial charge is 0.311 e. The molecule has 0 saturated carbocycles. The summed E-state index contributed by atoms with van der Waals surface area (Å²) in [6.45, 7) is 23.3. The Labute approximate surface area is 266 Å². The van der Waals surface area contributed by atoms with E-state index in [4.69, 9.17) is 18.9 Å². The van der Waals surface area contributed by atoms with Crippen LogP contribution < -0.4 is 0 Å². The summed E-state index contributed by atoms with van der Waals surface area (Å²) in [6, 6.07) is -0.447. The fraction of sp³-hybridized carbons (Fsp3) is 0.971. The number of aliphatic hydroxyl groups is 4. The van der Waals surface area contributed by atoms with Crippen molar-refractivity contribution in [1.82, 2.24) is 4.90 Å². The van der Waals surface area contributed by atoms with Crippen LogP contribution in [0.1, 0.15) is 102 Å². The molecule has 0 aromatic heterocycles. The number of ether oxygens (including phenoxy) is 4. The summed E-state index contributed by atoms with van der Waals surface area (Å²) in [5, 5.41) is 46.0. The highest BCUT2D eigenvalue weighted by Gasteiger charge is 2.52. The van der Waals surface area contributed by atoms with Crippen molar-refractivity contribution >= 4 is 5.97 Å². The van der Waals surface area contributed by atoms with Crippen molar-refractivity contribution in [3.63, 3.8) is 0 Å². The fourth-order valence-electron chi connectivity index (χ4n) is 8.42. The first-order valence-electron chi connectivity index (χ1n) is 16.5. The van der Waals surface area contributed by atoms with Crippen LogP contribution in [0.4, 0.5) is 0 Å². The third-order valence-corrected chi connectivity index (χ3v) is 10.7. The summed E-state index contributed by atoms with van der Waals surface area (Å²) in [4.78, 5) is 15.9. The normalized spacial score (nSPS) is 47.9. The van der Waals surface area contributed by atoms with E-state index in [1.54, 1.807) is 21.0 Å². The lowest BCUT2D eigenvalue weighted by Crippen LogP contribution is -2.59. The Bertz CT molecular complexity index is 936. The topological polar surface area (TPSA) is 138 Å². The third-order valence-electron chi connectivity index (χ3n) is 10.7. The number of hydrogen-bond donors (Lipinski definition) is 4. The zero-order chi connectivity index (χ0) is 34.2. The lowest BCUT2D eigenvalue weighted by atomic mass is 9.61. The Kier molecular flexibility index (Phi) is 13.0. The molecular formula is C34H65NO9. The number of methoxy groups -OCH3 is 1. The zero-order valence-electron chi connectivity index (χ0n) is 30.0. The Balaban J connectivity index is 2.68. The van der Waals surface area contributed by atoms with Gasteiger partial charge in [0.05, 0.1) is 29.3 Å². The van der Waals surface area contributed by atoms with Gasteiger partial charge in [-0.25, -0.2) is 0 Å². The number of esters is 1. The average molecular weight is 632 g/mol. The monoisotopic (exact) mass is 631 g/mol. The average Bonchev–Trinajstić information content (AvgIpc) is 2.89. The molecule has 2 aliphatic heterocycles. The van der Waals surface area contributed by atoms with Gasteiger partial charge in [0.2, 0.25) is 0 Å². The van der Waals surface area contributed by atoms with Crippen LogP contribution in [0.25, 0.3) is 0 Å². The molecule has 14 atom stereocenters. The van der Waals surface area contributed by atoms with Gasteiger partial charge in [0, 0.05) is 26.1 Å². The zero-order valence-corrected chi connectivity index (χ0v) is 30.0. The molecule has 10 heteroatoms. The molecule has 0 aliphatic carbocycles. The summed E-state index contributed by atoms with van der Waals surface area (Å²) < 4.78 is 24.5. The Morgan fingerprint density at radius 2 is 1.57 bits per heavy atom. The second-order valence-electron chi connectivity index (χ2n) is 15.9. The molecule has 0 aromatic carbocycles. The van der Waals surface area contributed by atoms with Gasteiger partial charge in [-0.3, -0.25) is 4.79 Å². The molecule has 0 spiro atoms. The first-order valence-corrected chi connectivity index (χ1v) is 16.5. The number of rotatable bonds is 4. The van der Waals surface area contributed by atoms with Crippen LogP contribution in [0.2, 0.25) is 0 Å². The summed E-state index contributed by atoms with van der Waals surface area (Å²) in [5.41, 5.74) is -4.18. The lowest BCUT2D eigenvalue weighted by molar-refractivity contribution is -0.299. The number of aliphatic hydroxyl groups excluding tert-OH is 2. The molecule has 0 bridgehead atoms. The summed E-state index contributed by atoms with van der Waals surface area (Å²) >= 11 is 0. The largest absolute Gasteiger partial charge is 0.459 e. The molecule has 2 heterocycles. The minimum atomic E-state index is -1.72. The van der Waals surface area contributed by atoms with Gasteiger partial charge in [0.1, 0.15) is 23.9 Å². The molecule has 2 aliphatic rings. The Hall–Kier alpha value is -0.850. The van der Waals surface area contributed by atoms with Crippen LogP contribution in [0.15, 0.2) is 0 Å². The highest BCUT2D eigenvalue weighted by atomic mass is 16.7. The molecule has 0 radical (unpaired) electrons. The van der Waals surface area contributed by atoms with Crippen molar-refractivity contribution in [2.75, 3.05) is 20.7 Å². The summed E-state index contributed by atoms with van der Waals surface area (Å²) in [6.07, 6.45) is -4.19. The van der Waals surface area contributed by atoms with Crippen molar-refractivity contribution in [3.8, 4) is 0 Å². The fourth-order valence-corrected chi connectivity index (χ4v) is 8.42. The number of carbonyl (C=O) groups is 1. The third kappa shape index (κ3) is 8.54. The van der Waals surface area contributed by atoms with Crippen molar-refractivity contribution < 1.29 is 44.2 Å². The molecule has 0 unspecified atom stereocenters. The van der Waals surface area contributed by atoms with E-state index >= 15 is 0 Å². The number of cyclic esters (lactones) is 1. The van der Waals surface area contributed by atoms with E-state index in [9.17, 15) is 25.2 Å². The van der Waals surface area contributed by atoms with Crippen LogP contribution in [-0.4, -0.2) is 112 Å². The van der Waals surface area contributed by atoms with Crippen LogP contribution in [0.5, 0.6) is 0 Å². The Morgan fingerprint density at radius 3 is 2.07 bits per heavy atom. The standard InChI is InChI=1S/C34H65NO9/c1-15-24-34(12,40)28(36)22(5)35(13)18-19(2)16-32(10,39)27(31(7,8)9)20(3)26(21(4)30(38)43-24)44-25-17-33(11,41-14)29(37)23(6)42-25/h19-29,36-37,39-40H,15-18H2,1-14H3/t19-,20+,21-,22-,23+,24-,25+,26+,27+,28-,29+,32-,33-,34-/m1/s1. The molecule has 44 heavy (non-hydrogen) atoms. The quantitative estimate of drug-likeness (QED) is 0.340. The van der Waals surface area contributed by atoms with E-state index in [0.29, 0.717) is 19.4 Å². The first kappa shape index (κ1) is 39.3. The maximum atomic E-state index is 14.0. The highest BCUT2D eigenvalue weighted by molar-refractivity contribution is 5.73. The number of nitrogens with zero attached hydrogens (tertiary/aromatic N) is 1. The van der Waals surface area contributed by atoms with Crippen LogP contribution in [0, 0.1) is 29.1 Å². The van der Waals surface area contributed by atoms with Crippen LogP contribution in [-0.2, 0) is 23.7 Å². The minimum Gasteiger partial charge on any atom is -0.459 e. The number of carbonyl (C=O) groups excluding carboxylic acids is 1. The second kappa shape index (κ2) is 14.5. The molecule has 260 valence electrons. The molecular weight excluding hydrogens is 566 g/mol. The summed E-state index contributed by atoms with van der Waals surface area (Å²) in [7, 11) is 3.44.